The van der Waals surface area contributed by atoms with Crippen LogP contribution in [0.4, 0.5) is 5.69 Å². The quantitative estimate of drug-likeness (QED) is 0.451. The number of halogens is 2. The number of ether oxygens (including phenoxy) is 1. The standard InChI is InChI=1S/C13H9BrClN3O3/c14-8-2-1-3-9(18(19)20)12(8)21-11-6-10(15)16-13(17-11)7-4-5-7/h1-3,6-7H,4-5H2. The molecule has 0 saturated heterocycles. The van der Waals surface area contributed by atoms with Gasteiger partial charge in [0.2, 0.25) is 11.6 Å². The molecule has 0 aliphatic heterocycles. The molecular formula is C13H9BrClN3O3. The Morgan fingerprint density at radius 2 is 2.14 bits per heavy atom. The highest BCUT2D eigenvalue weighted by Crippen LogP contribution is 2.41. The average molecular weight is 371 g/mol. The SMILES string of the molecule is O=[N+]([O-])c1cccc(Br)c1Oc1cc(Cl)nc(C2CC2)n1. The van der Waals surface area contributed by atoms with Crippen molar-refractivity contribution in [3.8, 4) is 11.6 Å². The molecule has 108 valence electrons. The zero-order valence-corrected chi connectivity index (χ0v) is 13.0. The van der Waals surface area contributed by atoms with E-state index < -0.39 is 4.92 Å². The van der Waals surface area contributed by atoms with Crippen LogP contribution in [0.25, 0.3) is 0 Å². The number of aromatic nitrogens is 2. The summed E-state index contributed by atoms with van der Waals surface area (Å²) < 4.78 is 6.05. The molecule has 1 fully saturated rings. The highest BCUT2D eigenvalue weighted by atomic mass is 79.9. The van der Waals surface area contributed by atoms with Crippen LogP contribution in [0.3, 0.4) is 0 Å². The zero-order valence-electron chi connectivity index (χ0n) is 10.6. The summed E-state index contributed by atoms with van der Waals surface area (Å²) in [6.45, 7) is 0. The van der Waals surface area contributed by atoms with E-state index in [0.717, 1.165) is 12.8 Å². The molecule has 1 saturated carbocycles. The molecule has 0 unspecified atom stereocenters. The van der Waals surface area contributed by atoms with Gasteiger partial charge in [0.25, 0.3) is 0 Å². The molecule has 0 spiro atoms. The summed E-state index contributed by atoms with van der Waals surface area (Å²) in [7, 11) is 0. The first-order chi connectivity index (χ1) is 10.0. The summed E-state index contributed by atoms with van der Waals surface area (Å²) in [5.41, 5.74) is -0.146. The molecule has 0 atom stereocenters. The van der Waals surface area contributed by atoms with E-state index in [4.69, 9.17) is 16.3 Å². The predicted molar refractivity (Wildman–Crippen MR) is 79.9 cm³/mol. The predicted octanol–water partition coefficient (Wildman–Crippen LogP) is 4.47. The Morgan fingerprint density at radius 3 is 2.81 bits per heavy atom. The smallest absolute Gasteiger partial charge is 0.312 e. The van der Waals surface area contributed by atoms with Gasteiger partial charge < -0.3 is 4.74 Å². The molecule has 0 amide bonds. The molecule has 3 rings (SSSR count). The summed E-state index contributed by atoms with van der Waals surface area (Å²) in [4.78, 5) is 19.0. The van der Waals surface area contributed by atoms with E-state index >= 15 is 0 Å². The van der Waals surface area contributed by atoms with Crippen LogP contribution < -0.4 is 4.74 Å². The maximum Gasteiger partial charge on any atom is 0.312 e. The molecular weight excluding hydrogens is 362 g/mol. The Bertz CT molecular complexity index is 722. The van der Waals surface area contributed by atoms with Gasteiger partial charge in [-0.05, 0) is 34.8 Å². The van der Waals surface area contributed by atoms with Crippen molar-refractivity contribution in [3.05, 3.63) is 49.8 Å². The van der Waals surface area contributed by atoms with E-state index in [1.807, 2.05) is 0 Å². The van der Waals surface area contributed by atoms with Crippen molar-refractivity contribution >= 4 is 33.2 Å². The molecule has 0 radical (unpaired) electrons. The van der Waals surface area contributed by atoms with Gasteiger partial charge in [0.05, 0.1) is 9.40 Å². The average Bonchev–Trinajstić information content (AvgIpc) is 3.24. The molecule has 8 heteroatoms. The number of nitro benzene ring substituents is 1. The third-order valence-corrected chi connectivity index (χ3v) is 3.80. The van der Waals surface area contributed by atoms with Crippen molar-refractivity contribution in [2.45, 2.75) is 18.8 Å². The van der Waals surface area contributed by atoms with Gasteiger partial charge in [0.15, 0.2) is 0 Å². The van der Waals surface area contributed by atoms with Crippen LogP contribution in [0.15, 0.2) is 28.7 Å². The minimum Gasteiger partial charge on any atom is -0.430 e. The van der Waals surface area contributed by atoms with Crippen molar-refractivity contribution in [1.29, 1.82) is 0 Å². The number of benzene rings is 1. The largest absolute Gasteiger partial charge is 0.430 e. The van der Waals surface area contributed by atoms with Crippen molar-refractivity contribution in [2.75, 3.05) is 0 Å². The van der Waals surface area contributed by atoms with Crippen molar-refractivity contribution in [1.82, 2.24) is 9.97 Å². The number of para-hydroxylation sites is 1. The third kappa shape index (κ3) is 3.14. The fraction of sp³-hybridized carbons (Fsp3) is 0.231. The zero-order chi connectivity index (χ0) is 15.0. The summed E-state index contributed by atoms with van der Waals surface area (Å²) in [5.74, 6) is 1.22. The molecule has 1 aromatic carbocycles. The van der Waals surface area contributed by atoms with Crippen LogP contribution in [-0.2, 0) is 0 Å². The number of rotatable bonds is 4. The number of hydrogen-bond donors (Lipinski definition) is 0. The topological polar surface area (TPSA) is 78.2 Å². The summed E-state index contributed by atoms with van der Waals surface area (Å²) >= 11 is 9.20. The lowest BCUT2D eigenvalue weighted by atomic mass is 10.3. The van der Waals surface area contributed by atoms with Crippen LogP contribution in [-0.4, -0.2) is 14.9 Å². The molecule has 0 bridgehead atoms. The molecule has 2 aromatic rings. The number of nitrogens with zero attached hydrogens (tertiary/aromatic N) is 3. The van der Waals surface area contributed by atoms with Crippen LogP contribution >= 0.6 is 27.5 Å². The molecule has 0 N–H and O–H groups in total. The van der Waals surface area contributed by atoms with Gasteiger partial charge in [-0.1, -0.05) is 17.7 Å². The first-order valence-electron chi connectivity index (χ1n) is 6.20. The Morgan fingerprint density at radius 1 is 1.38 bits per heavy atom. The first kappa shape index (κ1) is 14.2. The van der Waals surface area contributed by atoms with Gasteiger partial charge in [-0.3, -0.25) is 10.1 Å². The molecule has 1 aliphatic rings. The van der Waals surface area contributed by atoms with Crippen LogP contribution in [0, 0.1) is 10.1 Å². The minimum atomic E-state index is -0.509. The summed E-state index contributed by atoms with van der Waals surface area (Å²) in [6.07, 6.45) is 2.05. The Hall–Kier alpha value is -1.73. The maximum atomic E-state index is 11.1. The lowest BCUT2D eigenvalue weighted by Crippen LogP contribution is -1.99. The van der Waals surface area contributed by atoms with Gasteiger partial charge in [-0.25, -0.2) is 4.98 Å². The molecule has 6 nitrogen and oxygen atoms in total. The minimum absolute atomic E-state index is 0.0963. The maximum absolute atomic E-state index is 11.1. The molecule has 1 aromatic heterocycles. The van der Waals surface area contributed by atoms with Gasteiger partial charge >= 0.3 is 5.69 Å². The van der Waals surface area contributed by atoms with Crippen molar-refractivity contribution in [2.24, 2.45) is 0 Å². The lowest BCUT2D eigenvalue weighted by Gasteiger charge is -2.08. The lowest BCUT2D eigenvalue weighted by molar-refractivity contribution is -0.385. The Balaban J connectivity index is 1.98. The van der Waals surface area contributed by atoms with Gasteiger partial charge in [-0.2, -0.15) is 4.98 Å². The van der Waals surface area contributed by atoms with Gasteiger partial charge in [0, 0.05) is 18.1 Å². The molecule has 21 heavy (non-hydrogen) atoms. The van der Waals surface area contributed by atoms with E-state index in [0.29, 0.717) is 16.2 Å². The number of nitro groups is 1. The van der Waals surface area contributed by atoms with Gasteiger partial charge in [-0.15, -0.1) is 0 Å². The van der Waals surface area contributed by atoms with Crippen molar-refractivity contribution < 1.29 is 9.66 Å². The van der Waals surface area contributed by atoms with E-state index in [9.17, 15) is 10.1 Å². The Labute approximate surface area is 133 Å². The second-order valence-electron chi connectivity index (χ2n) is 4.61. The molecule has 1 aliphatic carbocycles. The van der Waals surface area contributed by atoms with E-state index in [1.165, 1.54) is 12.1 Å². The van der Waals surface area contributed by atoms with Crippen LogP contribution in [0.2, 0.25) is 5.15 Å². The van der Waals surface area contributed by atoms with Crippen LogP contribution in [0.5, 0.6) is 11.6 Å². The van der Waals surface area contributed by atoms with Crippen molar-refractivity contribution in [3.63, 3.8) is 0 Å². The van der Waals surface area contributed by atoms with Crippen LogP contribution in [0.1, 0.15) is 24.6 Å². The summed E-state index contributed by atoms with van der Waals surface area (Å²) in [5, 5.41) is 11.3. The monoisotopic (exact) mass is 369 g/mol. The second kappa shape index (κ2) is 5.57. The first-order valence-corrected chi connectivity index (χ1v) is 7.37. The van der Waals surface area contributed by atoms with E-state index in [1.54, 1.807) is 12.1 Å². The Kier molecular flexibility index (Phi) is 3.77. The van der Waals surface area contributed by atoms with E-state index in [2.05, 4.69) is 25.9 Å². The highest BCUT2D eigenvalue weighted by Gasteiger charge is 2.28. The van der Waals surface area contributed by atoms with E-state index in [-0.39, 0.29) is 22.5 Å². The fourth-order valence-corrected chi connectivity index (χ4v) is 2.45. The second-order valence-corrected chi connectivity index (χ2v) is 5.85. The highest BCUT2D eigenvalue weighted by molar-refractivity contribution is 9.10. The third-order valence-electron chi connectivity index (χ3n) is 2.98. The molecule has 1 heterocycles. The van der Waals surface area contributed by atoms with Gasteiger partial charge in [0.1, 0.15) is 11.0 Å². The summed E-state index contributed by atoms with van der Waals surface area (Å²) in [6, 6.07) is 6.03. The fourth-order valence-electron chi connectivity index (χ4n) is 1.84. The number of hydrogen-bond acceptors (Lipinski definition) is 5. The normalized spacial score (nSPS) is 14.0.